The average Bonchev–Trinajstić information content (AvgIpc) is 3.25. The number of carbonyl (C=O) groups is 1. The highest BCUT2D eigenvalue weighted by Crippen LogP contribution is 2.23. The van der Waals surface area contributed by atoms with E-state index in [2.05, 4.69) is 22.4 Å². The number of nitrogens with one attached hydrogen (secondary N) is 2. The van der Waals surface area contributed by atoms with Crippen LogP contribution in [0.1, 0.15) is 16.7 Å². The zero-order valence-electron chi connectivity index (χ0n) is 19.7. The van der Waals surface area contributed by atoms with Gasteiger partial charge in [-0.25, -0.2) is 4.98 Å². The van der Waals surface area contributed by atoms with Crippen LogP contribution in [-0.2, 0) is 11.2 Å². The van der Waals surface area contributed by atoms with Crippen molar-refractivity contribution < 1.29 is 4.79 Å². The van der Waals surface area contributed by atoms with E-state index in [1.54, 1.807) is 10.6 Å². The standard InChI is InChI=1S/C28H26N4O2S/c1-18-13-19(2)15-21(14-18)32-27(34)23-8-4-6-10-25(23)31-28(32)35-17-26(33)29-12-11-20-16-30-24-9-5-3-7-22(20)24/h3-10,13-16,30H,11-12,17H2,1-2H3,(H,29,33). The lowest BCUT2D eigenvalue weighted by molar-refractivity contribution is -0.118. The highest BCUT2D eigenvalue weighted by atomic mass is 32.2. The van der Waals surface area contributed by atoms with Crippen LogP contribution in [0.4, 0.5) is 0 Å². The second kappa shape index (κ2) is 9.80. The summed E-state index contributed by atoms with van der Waals surface area (Å²) in [7, 11) is 0. The van der Waals surface area contributed by atoms with Crippen molar-refractivity contribution in [1.29, 1.82) is 0 Å². The number of rotatable bonds is 7. The SMILES string of the molecule is Cc1cc(C)cc(-n2c(SCC(=O)NCCc3c[nH]c4ccccc34)nc3ccccc3c2=O)c1. The Morgan fingerprint density at radius 3 is 2.51 bits per heavy atom. The Labute approximate surface area is 207 Å². The van der Waals surface area contributed by atoms with E-state index in [9.17, 15) is 9.59 Å². The minimum Gasteiger partial charge on any atom is -0.361 e. The third-order valence-corrected chi connectivity index (χ3v) is 6.87. The molecule has 35 heavy (non-hydrogen) atoms. The van der Waals surface area contributed by atoms with Crippen LogP contribution in [0.5, 0.6) is 0 Å². The lowest BCUT2D eigenvalue weighted by atomic mass is 10.1. The molecule has 1 amide bonds. The molecule has 2 aromatic heterocycles. The molecular weight excluding hydrogens is 456 g/mol. The van der Waals surface area contributed by atoms with Gasteiger partial charge in [0.2, 0.25) is 5.91 Å². The molecule has 176 valence electrons. The van der Waals surface area contributed by atoms with E-state index in [4.69, 9.17) is 4.98 Å². The number of aromatic nitrogens is 3. The molecule has 5 rings (SSSR count). The van der Waals surface area contributed by atoms with Gasteiger partial charge in [-0.15, -0.1) is 0 Å². The molecule has 0 aliphatic heterocycles. The summed E-state index contributed by atoms with van der Waals surface area (Å²) in [5.74, 6) is 0.0768. The highest BCUT2D eigenvalue weighted by Gasteiger charge is 2.15. The van der Waals surface area contributed by atoms with Gasteiger partial charge in [-0.1, -0.05) is 48.2 Å². The van der Waals surface area contributed by atoms with Crippen molar-refractivity contribution in [2.24, 2.45) is 0 Å². The minimum absolute atomic E-state index is 0.0933. The zero-order valence-corrected chi connectivity index (χ0v) is 20.5. The summed E-state index contributed by atoms with van der Waals surface area (Å²) >= 11 is 1.27. The maximum Gasteiger partial charge on any atom is 0.266 e. The lowest BCUT2D eigenvalue weighted by Gasteiger charge is -2.14. The van der Waals surface area contributed by atoms with Gasteiger partial charge >= 0.3 is 0 Å². The summed E-state index contributed by atoms with van der Waals surface area (Å²) in [6, 6.07) is 21.5. The summed E-state index contributed by atoms with van der Waals surface area (Å²) in [6.45, 7) is 4.55. The monoisotopic (exact) mass is 482 g/mol. The second-order valence-electron chi connectivity index (χ2n) is 8.65. The molecule has 0 saturated heterocycles. The number of thioether (sulfide) groups is 1. The van der Waals surface area contributed by atoms with Crippen molar-refractivity contribution in [3.63, 3.8) is 0 Å². The zero-order chi connectivity index (χ0) is 24.4. The van der Waals surface area contributed by atoms with Gasteiger partial charge in [0.05, 0.1) is 22.3 Å². The van der Waals surface area contributed by atoms with Gasteiger partial charge in [-0.2, -0.15) is 0 Å². The normalized spacial score (nSPS) is 11.3. The van der Waals surface area contributed by atoms with E-state index >= 15 is 0 Å². The molecule has 0 saturated carbocycles. The molecule has 3 aromatic carbocycles. The van der Waals surface area contributed by atoms with Crippen molar-refractivity contribution in [3.05, 3.63) is 100.0 Å². The molecule has 2 N–H and O–H groups in total. The summed E-state index contributed by atoms with van der Waals surface area (Å²) in [4.78, 5) is 34.1. The molecule has 0 atom stereocenters. The number of amides is 1. The molecule has 0 fully saturated rings. The Morgan fingerprint density at radius 1 is 1.00 bits per heavy atom. The number of hydrogen-bond acceptors (Lipinski definition) is 4. The predicted molar refractivity (Wildman–Crippen MR) is 143 cm³/mol. The van der Waals surface area contributed by atoms with Crippen LogP contribution in [0, 0.1) is 13.8 Å². The Balaban J connectivity index is 1.34. The molecule has 0 spiro atoms. The molecule has 0 unspecified atom stereocenters. The van der Waals surface area contributed by atoms with Crippen LogP contribution < -0.4 is 10.9 Å². The Bertz CT molecular complexity index is 1580. The van der Waals surface area contributed by atoms with E-state index in [1.165, 1.54) is 22.7 Å². The van der Waals surface area contributed by atoms with Crippen LogP contribution in [0.25, 0.3) is 27.5 Å². The first-order chi connectivity index (χ1) is 17.0. The number of para-hydroxylation sites is 2. The first-order valence-electron chi connectivity index (χ1n) is 11.5. The van der Waals surface area contributed by atoms with Gasteiger partial charge in [0.25, 0.3) is 5.56 Å². The van der Waals surface area contributed by atoms with Crippen molar-refractivity contribution in [2.75, 3.05) is 12.3 Å². The van der Waals surface area contributed by atoms with Crippen molar-refractivity contribution in [1.82, 2.24) is 19.9 Å². The van der Waals surface area contributed by atoms with Crippen molar-refractivity contribution in [3.8, 4) is 5.69 Å². The topological polar surface area (TPSA) is 79.8 Å². The smallest absolute Gasteiger partial charge is 0.266 e. The summed E-state index contributed by atoms with van der Waals surface area (Å²) < 4.78 is 1.62. The van der Waals surface area contributed by atoms with Crippen LogP contribution >= 0.6 is 11.8 Å². The Hall–Kier alpha value is -3.84. The fourth-order valence-corrected chi connectivity index (χ4v) is 5.22. The fourth-order valence-electron chi connectivity index (χ4n) is 4.37. The number of nitrogens with zero attached hydrogens (tertiary/aromatic N) is 2. The summed E-state index contributed by atoms with van der Waals surface area (Å²) in [6.07, 6.45) is 2.73. The highest BCUT2D eigenvalue weighted by molar-refractivity contribution is 7.99. The van der Waals surface area contributed by atoms with Gasteiger partial charge in [0, 0.05) is 23.6 Å². The van der Waals surface area contributed by atoms with Crippen LogP contribution in [0.2, 0.25) is 0 Å². The van der Waals surface area contributed by atoms with E-state index in [0.717, 1.165) is 28.8 Å². The van der Waals surface area contributed by atoms with Gasteiger partial charge in [0.1, 0.15) is 0 Å². The van der Waals surface area contributed by atoms with Gasteiger partial charge in [-0.05, 0) is 67.3 Å². The molecule has 0 radical (unpaired) electrons. The summed E-state index contributed by atoms with van der Waals surface area (Å²) in [5.41, 5.74) is 5.64. The number of fused-ring (bicyclic) bond motifs is 2. The average molecular weight is 483 g/mol. The quantitative estimate of drug-likeness (QED) is 0.255. The van der Waals surface area contributed by atoms with Crippen LogP contribution in [-0.4, -0.2) is 32.7 Å². The number of benzene rings is 3. The number of hydrogen-bond donors (Lipinski definition) is 2. The number of aryl methyl sites for hydroxylation is 2. The number of carbonyl (C=O) groups excluding carboxylic acids is 1. The summed E-state index contributed by atoms with van der Waals surface area (Å²) in [5, 5.41) is 5.23. The molecule has 5 aromatic rings. The lowest BCUT2D eigenvalue weighted by Crippen LogP contribution is -2.28. The Kier molecular flexibility index (Phi) is 6.42. The molecule has 6 nitrogen and oxygen atoms in total. The third kappa shape index (κ3) is 4.86. The molecule has 0 aliphatic carbocycles. The molecule has 2 heterocycles. The maximum absolute atomic E-state index is 13.4. The fraction of sp³-hybridized carbons (Fsp3) is 0.179. The second-order valence-corrected chi connectivity index (χ2v) is 9.59. The minimum atomic E-state index is -0.136. The maximum atomic E-state index is 13.4. The van der Waals surface area contributed by atoms with E-state index in [0.29, 0.717) is 22.6 Å². The largest absolute Gasteiger partial charge is 0.361 e. The molecule has 7 heteroatoms. The molecular formula is C28H26N4O2S. The van der Waals surface area contributed by atoms with E-state index < -0.39 is 0 Å². The van der Waals surface area contributed by atoms with Gasteiger partial charge < -0.3 is 10.3 Å². The van der Waals surface area contributed by atoms with Crippen molar-refractivity contribution >= 4 is 39.5 Å². The van der Waals surface area contributed by atoms with Crippen molar-refractivity contribution in [2.45, 2.75) is 25.4 Å². The van der Waals surface area contributed by atoms with Crippen LogP contribution in [0.15, 0.2) is 82.9 Å². The number of H-pyrrole nitrogens is 1. The Morgan fingerprint density at radius 2 is 1.71 bits per heavy atom. The van der Waals surface area contributed by atoms with Crippen LogP contribution in [0.3, 0.4) is 0 Å². The van der Waals surface area contributed by atoms with E-state index in [-0.39, 0.29) is 17.2 Å². The first-order valence-corrected chi connectivity index (χ1v) is 12.5. The molecule has 0 bridgehead atoms. The number of aromatic amines is 1. The predicted octanol–water partition coefficient (Wildman–Crippen LogP) is 4.93. The van der Waals surface area contributed by atoms with Gasteiger partial charge in [-0.3, -0.25) is 14.2 Å². The third-order valence-electron chi connectivity index (χ3n) is 5.93. The van der Waals surface area contributed by atoms with Gasteiger partial charge in [0.15, 0.2) is 5.16 Å². The molecule has 0 aliphatic rings. The van der Waals surface area contributed by atoms with E-state index in [1.807, 2.05) is 68.6 Å². The first kappa shape index (κ1) is 22.9.